The van der Waals surface area contributed by atoms with Crippen LogP contribution >= 0.6 is 23.8 Å². The minimum absolute atomic E-state index is 0. The van der Waals surface area contributed by atoms with Crippen molar-refractivity contribution in [2.75, 3.05) is 0 Å². The Bertz CT molecular complexity index is 156. The summed E-state index contributed by atoms with van der Waals surface area (Å²) in [6.07, 6.45) is 1.61. The average Bonchev–Trinajstić information content (AvgIpc) is 1.86. The molecule has 1 aromatic heterocycles. The summed E-state index contributed by atoms with van der Waals surface area (Å²) < 4.78 is 3.42. The van der Waals surface area contributed by atoms with Gasteiger partial charge in [0.25, 0.3) is 0 Å². The Morgan fingerprint density at radius 2 is 2.00 bits per heavy atom. The van der Waals surface area contributed by atoms with Gasteiger partial charge in [0.15, 0.2) is 0 Å². The number of hydrogen-bond acceptors (Lipinski definition) is 3. The summed E-state index contributed by atoms with van der Waals surface area (Å²) >= 11 is 6.03. The molecule has 0 aromatic carbocycles. The summed E-state index contributed by atoms with van der Waals surface area (Å²) in [7, 11) is 0. The van der Waals surface area contributed by atoms with Gasteiger partial charge in [-0.25, -0.2) is 4.49 Å². The van der Waals surface area contributed by atoms with Crippen molar-refractivity contribution in [3.63, 3.8) is 0 Å². The summed E-state index contributed by atoms with van der Waals surface area (Å²) in [4.78, 5) is 0. The number of H-pyrrole nitrogens is 1. The van der Waals surface area contributed by atoms with Crippen molar-refractivity contribution in [2.45, 2.75) is 0 Å². The maximum Gasteiger partial charge on any atom is 1.00 e. The smallest absolute Gasteiger partial charge is 0.231 e. The zero-order valence-electron chi connectivity index (χ0n) is 5.84. The van der Waals surface area contributed by atoms with Crippen molar-refractivity contribution in [2.24, 2.45) is 0 Å². The van der Waals surface area contributed by atoms with Gasteiger partial charge < -0.3 is 0 Å². The molecule has 0 fully saturated rings. The fourth-order valence-electron chi connectivity index (χ4n) is 0.177. The average molecular weight is 187 g/mol. The van der Waals surface area contributed by atoms with Gasteiger partial charge in [0.2, 0.25) is 0 Å². The van der Waals surface area contributed by atoms with Crippen LogP contribution in [0.2, 0.25) is 0 Å². The van der Waals surface area contributed by atoms with Crippen molar-refractivity contribution in [3.8, 4) is 0 Å². The molecule has 2 nitrogen and oxygen atoms in total. The van der Waals surface area contributed by atoms with Crippen LogP contribution in [0.4, 0.5) is 0 Å². The molecule has 0 saturated heterocycles. The molecule has 1 aromatic rings. The Morgan fingerprint density at radius 3 is 2.11 bits per heavy atom. The first-order valence-electron chi connectivity index (χ1n) is 1.38. The third-order valence-electron chi connectivity index (χ3n) is 0.369. The van der Waals surface area contributed by atoms with E-state index in [1.54, 1.807) is 6.20 Å². The van der Waals surface area contributed by atoms with E-state index >= 15 is 0 Å². The monoisotopic (exact) mass is 187 g/mol. The molecule has 0 aliphatic rings. The normalized spacial score (nSPS) is 5.78. The quantitative estimate of drug-likeness (QED) is 0.323. The zero-order valence-corrected chi connectivity index (χ0v) is 13.5. The second kappa shape index (κ2) is 10.8. The number of aromatic amines is 1. The van der Waals surface area contributed by atoms with Crippen molar-refractivity contribution >= 4 is 23.8 Å². The predicted octanol–water partition coefficient (Wildman–Crippen LogP) is -7.79. The van der Waals surface area contributed by atoms with E-state index in [1.165, 1.54) is 11.5 Å². The molecule has 0 unspecified atom stereocenters. The van der Waals surface area contributed by atoms with Crippen LogP contribution in [-0.4, -0.2) is 9.59 Å². The minimum atomic E-state index is 0. The summed E-state index contributed by atoms with van der Waals surface area (Å²) in [6.45, 7) is 0. The summed E-state index contributed by atoms with van der Waals surface area (Å²) in [5.74, 6) is 0. The molecule has 9 heavy (non-hydrogen) atoms. The van der Waals surface area contributed by atoms with Gasteiger partial charge in [0.05, 0.1) is 6.20 Å². The Balaban J connectivity index is -0.000000120. The second-order valence-corrected chi connectivity index (χ2v) is 2.30. The van der Waals surface area contributed by atoms with E-state index in [4.69, 9.17) is 0 Å². The fraction of sp³-hybridized carbons (Fsp3) is 0. The van der Waals surface area contributed by atoms with Crippen LogP contribution in [0.15, 0.2) is 6.20 Å². The van der Waals surface area contributed by atoms with E-state index in [1.807, 2.05) is 0 Å². The Labute approximate surface area is 129 Å². The molecular weight excluding hydrogens is 185 g/mol. The summed E-state index contributed by atoms with van der Waals surface area (Å²) in [5.41, 5.74) is 0. The molecule has 32 valence electrons. The van der Waals surface area contributed by atoms with Crippen LogP contribution in [0, 0.1) is 3.82 Å². The van der Waals surface area contributed by atoms with E-state index in [2.05, 4.69) is 21.8 Å². The minimum Gasteiger partial charge on any atom is -0.231 e. The molecule has 0 radical (unpaired) electrons. The van der Waals surface area contributed by atoms with Crippen molar-refractivity contribution in [1.29, 1.82) is 0 Å². The third-order valence-corrected chi connectivity index (χ3v) is 1.23. The summed E-state index contributed by atoms with van der Waals surface area (Å²) in [6, 6.07) is 0. The molecule has 0 aliphatic heterocycles. The summed E-state index contributed by atoms with van der Waals surface area (Å²) in [5, 5.41) is 3.61. The Hall–Kier alpha value is 2.78. The number of nitrogens with zero attached hydrogens (tertiary/aromatic N) is 1. The van der Waals surface area contributed by atoms with Gasteiger partial charge in [-0.3, -0.25) is 0 Å². The third kappa shape index (κ3) is 8.69. The molecule has 1 rings (SSSR count). The molecule has 0 amide bonds. The first-order valence-corrected chi connectivity index (χ1v) is 2.61. The predicted molar refractivity (Wildman–Crippen MR) is 27.3 cm³/mol. The van der Waals surface area contributed by atoms with Crippen molar-refractivity contribution < 1.29 is 88.7 Å². The zero-order chi connectivity index (χ0) is 4.41. The molecule has 1 heterocycles. The van der Waals surface area contributed by atoms with Crippen LogP contribution in [0.3, 0.4) is 0 Å². The Kier molecular flexibility index (Phi) is 21.3. The van der Waals surface area contributed by atoms with Crippen molar-refractivity contribution in [3.05, 3.63) is 10.0 Å². The van der Waals surface area contributed by atoms with Gasteiger partial charge >= 0.3 is 88.7 Å². The van der Waals surface area contributed by atoms with Crippen molar-refractivity contribution in [1.82, 2.24) is 9.59 Å². The SMILES string of the molecule is S=c1cn[nH]s1.[Na+].[Na+].[Na+]. The molecule has 0 aliphatic carbocycles. The first kappa shape index (κ1) is 17.8. The standard InChI is InChI=1S/C2H2N2S2.3Na/c5-2-1-3-4-6-2;;;/h1,4H;;;/q;3*+1. The van der Waals surface area contributed by atoms with Gasteiger partial charge in [0, 0.05) is 0 Å². The second-order valence-electron chi connectivity index (χ2n) is 0.771. The van der Waals surface area contributed by atoms with Crippen LogP contribution in [0.5, 0.6) is 0 Å². The van der Waals surface area contributed by atoms with Gasteiger partial charge in [-0.15, -0.1) is 0 Å². The Morgan fingerprint density at radius 1 is 1.44 bits per heavy atom. The number of hydrogen-bond donors (Lipinski definition) is 1. The molecular formula is C2H2N2Na3S2+3. The largest absolute Gasteiger partial charge is 1.00 e. The molecule has 0 saturated carbocycles. The van der Waals surface area contributed by atoms with E-state index in [-0.39, 0.29) is 88.7 Å². The van der Waals surface area contributed by atoms with E-state index in [0.29, 0.717) is 0 Å². The molecule has 0 spiro atoms. The maximum atomic E-state index is 4.67. The van der Waals surface area contributed by atoms with Gasteiger partial charge in [0.1, 0.15) is 3.82 Å². The van der Waals surface area contributed by atoms with Crippen LogP contribution in [0.1, 0.15) is 0 Å². The molecule has 1 N–H and O–H groups in total. The van der Waals surface area contributed by atoms with E-state index in [9.17, 15) is 0 Å². The topological polar surface area (TPSA) is 28.7 Å². The fourth-order valence-corrected chi connectivity index (χ4v) is 0.642. The van der Waals surface area contributed by atoms with E-state index < -0.39 is 0 Å². The first-order chi connectivity index (χ1) is 2.89. The number of aromatic nitrogens is 2. The molecule has 7 heteroatoms. The number of rotatable bonds is 0. The van der Waals surface area contributed by atoms with Crippen LogP contribution in [-0.2, 0) is 0 Å². The van der Waals surface area contributed by atoms with Gasteiger partial charge in [-0.05, 0) is 11.5 Å². The van der Waals surface area contributed by atoms with E-state index in [0.717, 1.165) is 3.82 Å². The molecule has 0 bridgehead atoms. The maximum absolute atomic E-state index is 4.67. The van der Waals surface area contributed by atoms with Crippen LogP contribution < -0.4 is 88.7 Å². The molecule has 0 atom stereocenters. The van der Waals surface area contributed by atoms with Gasteiger partial charge in [-0.1, -0.05) is 12.2 Å². The number of nitrogens with one attached hydrogen (secondary N) is 1. The van der Waals surface area contributed by atoms with Gasteiger partial charge in [-0.2, -0.15) is 5.10 Å². The van der Waals surface area contributed by atoms with Crippen LogP contribution in [0.25, 0.3) is 0 Å².